The molecule has 0 aliphatic heterocycles. The normalized spacial score (nSPS) is 10.3. The Morgan fingerprint density at radius 2 is 0.843 bits per heavy atom. The van der Waals surface area contributed by atoms with Crippen molar-refractivity contribution >= 4 is 111 Å². The SMILES string of the molecule is C#CC(=O)CC(C)C.C/C=C/C(=O)CC(C)C.C/C=C/S(=O)(=O)CC(C)C.C=C(C)C(=O)CC(C)C.C=C(C)S(=O)(=O)CC(C)C.C=CC(=O)C(C)C.C=CC(=O)CC(C)C.C=CC(=O)N(C)C(C)C.C=CC(=O)NCC(C)C.C=CS(=O)(=O)CC(C)C.CC#CC(=O)CC(C)C.CC(C)=CC(=O)C(C)C.CC(C)CC(=O)/C=C/CN(C)C.CC(C)CC(=O)CCCl.CNC(=O)C(C)C. The maximum Gasteiger partial charge on any atom is 0.245 e. The second-order valence-electron chi connectivity index (χ2n) is 37.4. The summed E-state index contributed by atoms with van der Waals surface area (Å²) in [6, 6.07) is 0.260. The highest BCUT2D eigenvalue weighted by Gasteiger charge is 2.14. The summed E-state index contributed by atoms with van der Waals surface area (Å²) in [4.78, 5) is 132. The number of nitrogens with one attached hydrogen (secondary N) is 2. The quantitative estimate of drug-likeness (QED) is 0.0248. The minimum absolute atomic E-state index is 0.0231. The van der Waals surface area contributed by atoms with E-state index in [1.165, 1.54) is 36.6 Å². The third-order valence-electron chi connectivity index (χ3n) is 14.4. The van der Waals surface area contributed by atoms with Gasteiger partial charge < -0.3 is 20.4 Å². The zero-order chi connectivity index (χ0) is 110. The van der Waals surface area contributed by atoms with Gasteiger partial charge in [-0.2, -0.15) is 0 Å². The van der Waals surface area contributed by atoms with Crippen LogP contribution >= 0.6 is 11.6 Å². The molecule has 0 aromatic carbocycles. The maximum atomic E-state index is 11.1. The topological polar surface area (TPSA) is 338 Å². The molecule has 0 rings (SSSR count). The average molecular weight is 1970 g/mol. The van der Waals surface area contributed by atoms with Crippen LogP contribution in [-0.2, 0) is 87.0 Å². The van der Waals surface area contributed by atoms with Crippen molar-refractivity contribution in [1.29, 1.82) is 0 Å². The molecule has 0 aliphatic carbocycles. The Balaban J connectivity index is -0.0000000872. The minimum atomic E-state index is -2.99. The molecule has 0 fully saturated rings. The summed E-state index contributed by atoms with van der Waals surface area (Å²) < 4.78 is 65.4. The van der Waals surface area contributed by atoms with Crippen molar-refractivity contribution in [2.75, 3.05) is 64.4 Å². The van der Waals surface area contributed by atoms with Gasteiger partial charge in [0.15, 0.2) is 64.2 Å². The zero-order valence-electron chi connectivity index (χ0n) is 91.9. The number of alkyl halides is 1. The van der Waals surface area contributed by atoms with Gasteiger partial charge in [-0.1, -0.05) is 270 Å². The summed E-state index contributed by atoms with van der Waals surface area (Å²) in [5.41, 5.74) is 1.75. The Morgan fingerprint density at radius 1 is 0.455 bits per heavy atom. The van der Waals surface area contributed by atoms with Crippen LogP contribution in [0.2, 0.25) is 0 Å². The van der Waals surface area contributed by atoms with Crippen molar-refractivity contribution in [2.24, 2.45) is 82.9 Å². The van der Waals surface area contributed by atoms with E-state index in [1.54, 1.807) is 70.1 Å². The number of terminal acetylenes is 1. The van der Waals surface area contributed by atoms with E-state index in [2.05, 4.69) is 88.3 Å². The molecule has 0 radical (unpaired) electrons. The molecule has 0 atom stereocenters. The van der Waals surface area contributed by atoms with Crippen LogP contribution < -0.4 is 10.6 Å². The van der Waals surface area contributed by atoms with Gasteiger partial charge in [0, 0.05) is 124 Å². The Labute approximate surface area is 827 Å². The highest BCUT2D eigenvalue weighted by atomic mass is 35.5. The first-order chi connectivity index (χ1) is 60.8. The molecule has 3 amide bonds. The fourth-order valence-corrected chi connectivity index (χ4v) is 11.7. The van der Waals surface area contributed by atoms with Gasteiger partial charge in [0.2, 0.25) is 29.3 Å². The Kier molecular flexibility index (Phi) is 122. The van der Waals surface area contributed by atoms with Crippen molar-refractivity contribution in [3.8, 4) is 24.2 Å². The summed E-state index contributed by atoms with van der Waals surface area (Å²) in [7, 11) is -1.49. The van der Waals surface area contributed by atoms with Crippen LogP contribution in [0.3, 0.4) is 0 Å². The zero-order valence-corrected chi connectivity index (χ0v) is 95.1. The maximum absolute atomic E-state index is 11.1. The summed E-state index contributed by atoms with van der Waals surface area (Å²) in [6.45, 7) is 96.3. The van der Waals surface area contributed by atoms with E-state index in [-0.39, 0.29) is 133 Å². The van der Waals surface area contributed by atoms with E-state index in [1.807, 2.05) is 240 Å². The Hall–Kier alpha value is -8.20. The van der Waals surface area contributed by atoms with E-state index in [4.69, 9.17) is 18.0 Å². The standard InChI is InChI=1S/C10H19NO.3C8H14O.C8H12O.C7H13ClO.2C7H13NO.2C7H14O2S.C7H12O.C7H10O.C6H12O2S.C6H10O.C5H11NO/c1-9(2)8-10(12)6-5-7-11(3)4;2*1-6(2)5-8(9)7(3)4;2*1-4-5-8(9)6-7(2)3;1-6(2)5-7(9)3-4-8;1-5-7(9)8(4)6(2)3;1-4-7(9)8-5-6(2)3;1-6(2)5-10(8,9)7(3)4;1-4-5-10(8,9)6-7(2)3;2*1-4-7(8)5-6(2)3;1-4-9(7,8)5-6(2)3;1-4-6(7)5(2)3;1-4(2)5(7)6-3/h5-6,9H,7-8H2,1-4H3;5,7H,1-4H3;6H,3,5H2,1-2,4H3;4-5,7H,6H2,1-3H3;7H,6H2,1-3H3;6H,3-5H2,1-2H3;5-6H,1H2,2-4H3;4,6H,1,5H2,2-3H3,(H,8,9);6H,3,5H2,1-2,4H3;4-5,7H,6H2,1-3H3;4,6H,1,5H2,2-3H3;1,6H,5H2,2-3H3;4,6H,1,5H2,2-3H3;4-5H,1H2,2-3H3;4H,1-3H3,(H,6,7)/b6-5+;;;5-4+;;;;;;5-4+;;;;;. The van der Waals surface area contributed by atoms with Gasteiger partial charge in [-0.15, -0.1) is 18.0 Å². The molecule has 22 nitrogen and oxygen atoms in total. The second kappa shape index (κ2) is 102. The van der Waals surface area contributed by atoms with Gasteiger partial charge in [-0.05, 0) is 201 Å². The molecule has 0 aromatic heterocycles. The average Bonchev–Trinajstić information content (AvgIpc) is 0.897. The van der Waals surface area contributed by atoms with Crippen LogP contribution in [0.25, 0.3) is 0 Å². The molecule has 0 spiro atoms. The molecule has 780 valence electrons. The number of hydrogen-bond acceptors (Lipinski definition) is 19. The second-order valence-corrected chi connectivity index (χ2v) is 43.9. The molecule has 134 heavy (non-hydrogen) atoms. The van der Waals surface area contributed by atoms with Gasteiger partial charge in [0.25, 0.3) is 0 Å². The molecule has 0 saturated heterocycles. The first-order valence-electron chi connectivity index (χ1n) is 46.2. The van der Waals surface area contributed by atoms with Gasteiger partial charge in [-0.3, -0.25) is 57.5 Å². The molecule has 0 aliphatic rings. The monoisotopic (exact) mass is 1970 g/mol. The number of sulfone groups is 3. The van der Waals surface area contributed by atoms with E-state index < -0.39 is 29.5 Å². The van der Waals surface area contributed by atoms with Crippen LogP contribution in [0.5, 0.6) is 0 Å². The first kappa shape index (κ1) is 160. The number of rotatable bonds is 41. The van der Waals surface area contributed by atoms with Gasteiger partial charge in [-0.25, -0.2) is 25.3 Å². The third kappa shape index (κ3) is 161. The highest BCUT2D eigenvalue weighted by Crippen LogP contribution is 2.11. The Morgan fingerprint density at radius 3 is 1.04 bits per heavy atom. The molecule has 0 bridgehead atoms. The number of carbonyl (C=O) groups excluding carboxylic acids is 12. The number of allylic oxidation sites excluding steroid dienone is 10. The fourth-order valence-electron chi connectivity index (χ4n) is 7.80. The molecular weight excluding hydrogens is 1770 g/mol. The van der Waals surface area contributed by atoms with E-state index in [0.29, 0.717) is 110 Å². The van der Waals surface area contributed by atoms with E-state index in [9.17, 15) is 82.8 Å². The summed E-state index contributed by atoms with van der Waals surface area (Å²) in [5.74, 6) is 14.2. The molecular formula is C108H195ClN4O18S3. The van der Waals surface area contributed by atoms with Crippen molar-refractivity contribution in [1.82, 2.24) is 20.4 Å². The number of amides is 3. The van der Waals surface area contributed by atoms with Gasteiger partial charge in [0.05, 0.1) is 17.3 Å². The van der Waals surface area contributed by atoms with E-state index >= 15 is 0 Å². The minimum Gasteiger partial charge on any atom is -0.359 e. The lowest BCUT2D eigenvalue weighted by molar-refractivity contribution is -0.126. The highest BCUT2D eigenvalue weighted by molar-refractivity contribution is 7.95. The third-order valence-corrected chi connectivity index (χ3v) is 20.2. The lowest BCUT2D eigenvalue weighted by atomic mass is 10.0. The number of Topliss-reactive ketones (excluding diaryl/α,β-unsaturated/α-hetero) is 4. The predicted molar refractivity (Wildman–Crippen MR) is 576 cm³/mol. The summed E-state index contributed by atoms with van der Waals surface area (Å²) in [5, 5.41) is 7.46. The van der Waals surface area contributed by atoms with Gasteiger partial charge in [0.1, 0.15) is 5.78 Å². The number of carbonyl (C=O) groups is 12. The molecule has 2 N–H and O–H groups in total. The van der Waals surface area contributed by atoms with Crippen molar-refractivity contribution < 1.29 is 82.8 Å². The summed E-state index contributed by atoms with van der Waals surface area (Å²) >= 11 is 5.36. The molecule has 0 saturated carbocycles. The van der Waals surface area contributed by atoms with Crippen molar-refractivity contribution in [2.45, 2.75) is 314 Å². The number of likely N-dealkylation sites (N-methyl/N-ethyl adjacent to an activating group) is 2. The van der Waals surface area contributed by atoms with Crippen LogP contribution in [0.15, 0.2) is 134 Å². The predicted octanol–water partition coefficient (Wildman–Crippen LogP) is 23.3. The number of halogens is 1. The number of nitrogens with zero attached hydrogens (tertiary/aromatic N) is 2. The van der Waals surface area contributed by atoms with E-state index in [0.717, 1.165) is 24.1 Å². The van der Waals surface area contributed by atoms with Crippen molar-refractivity contribution in [3.63, 3.8) is 0 Å². The lowest BCUT2D eigenvalue weighted by Gasteiger charge is -2.18. The van der Waals surface area contributed by atoms with Crippen LogP contribution in [0.4, 0.5) is 0 Å². The first-order valence-corrected chi connectivity index (χ1v) is 51.8. The lowest BCUT2D eigenvalue weighted by Crippen LogP contribution is -2.31. The molecule has 0 unspecified atom stereocenters. The summed E-state index contributed by atoms with van der Waals surface area (Å²) in [6.07, 6.45) is 25.3. The number of hydrogen-bond donors (Lipinski definition) is 2. The molecule has 26 heteroatoms. The fraction of sp³-hybridized carbons (Fsp3) is 0.648. The van der Waals surface area contributed by atoms with Crippen molar-refractivity contribution in [3.05, 3.63) is 134 Å². The van der Waals surface area contributed by atoms with Crippen LogP contribution in [-0.4, -0.2) is 175 Å². The molecule has 0 aromatic rings. The van der Waals surface area contributed by atoms with Gasteiger partial charge >= 0.3 is 0 Å². The smallest absolute Gasteiger partial charge is 0.245 e. The number of ketones is 9. The van der Waals surface area contributed by atoms with Crippen LogP contribution in [0, 0.1) is 107 Å². The van der Waals surface area contributed by atoms with Crippen LogP contribution in [0.1, 0.15) is 308 Å². The Bertz CT molecular complexity index is 3870. The largest absolute Gasteiger partial charge is 0.359 e. The molecule has 0 heterocycles.